The fourth-order valence-electron chi connectivity index (χ4n) is 0.282. The Bertz CT molecular complexity index is 116. The fourth-order valence-corrected chi connectivity index (χ4v) is 0.282. The SMILES string of the molecule is C=CCOC(=O)CO[C]=O. The number of ether oxygens (including phenoxy) is 2. The lowest BCUT2D eigenvalue weighted by Gasteiger charge is -1.97. The Hall–Kier alpha value is -1.32. The van der Waals surface area contributed by atoms with Gasteiger partial charge in [0.2, 0.25) is 0 Å². The number of rotatable bonds is 5. The van der Waals surface area contributed by atoms with Crippen LogP contribution in [0.1, 0.15) is 0 Å². The topological polar surface area (TPSA) is 52.6 Å². The van der Waals surface area contributed by atoms with Crippen molar-refractivity contribution in [1.82, 2.24) is 0 Å². The lowest BCUT2D eigenvalue weighted by molar-refractivity contribution is -0.145. The Kier molecular flexibility index (Phi) is 5.04. The van der Waals surface area contributed by atoms with Crippen LogP contribution in [0.2, 0.25) is 0 Å². The Morgan fingerprint density at radius 2 is 2.40 bits per heavy atom. The predicted molar refractivity (Wildman–Crippen MR) is 32.8 cm³/mol. The highest BCUT2D eigenvalue weighted by Gasteiger charge is 1.99. The van der Waals surface area contributed by atoms with E-state index in [1.54, 1.807) is 0 Å². The molecule has 0 amide bonds. The molecule has 0 aliphatic rings. The van der Waals surface area contributed by atoms with E-state index in [1.807, 2.05) is 0 Å². The summed E-state index contributed by atoms with van der Waals surface area (Å²) in [6.45, 7) is 4.15. The van der Waals surface area contributed by atoms with Crippen LogP contribution in [0.3, 0.4) is 0 Å². The molecule has 0 heterocycles. The summed E-state index contributed by atoms with van der Waals surface area (Å²) in [6.07, 6.45) is 1.42. The summed E-state index contributed by atoms with van der Waals surface area (Å²) in [5, 5.41) is 0. The van der Waals surface area contributed by atoms with E-state index in [1.165, 1.54) is 6.08 Å². The molecule has 0 aliphatic heterocycles. The Balaban J connectivity index is 3.24. The van der Waals surface area contributed by atoms with Crippen molar-refractivity contribution in [3.63, 3.8) is 0 Å². The Morgan fingerprint density at radius 1 is 1.70 bits per heavy atom. The zero-order valence-corrected chi connectivity index (χ0v) is 5.33. The van der Waals surface area contributed by atoms with E-state index in [0.717, 1.165) is 6.47 Å². The normalized spacial score (nSPS) is 8.00. The molecule has 0 unspecified atom stereocenters. The standard InChI is InChI=1S/C6H7O4/c1-2-3-10-6(8)4-9-5-7/h2H,1,3-4H2. The molecule has 0 atom stereocenters. The molecule has 1 radical (unpaired) electrons. The average Bonchev–Trinajstić information content (AvgIpc) is 1.97. The predicted octanol–water partition coefficient (Wildman–Crippen LogP) is -0.201. The molecule has 0 aromatic rings. The summed E-state index contributed by atoms with van der Waals surface area (Å²) in [7, 11) is 0. The van der Waals surface area contributed by atoms with E-state index in [4.69, 9.17) is 0 Å². The van der Waals surface area contributed by atoms with E-state index in [-0.39, 0.29) is 6.61 Å². The van der Waals surface area contributed by atoms with E-state index < -0.39 is 12.6 Å². The Morgan fingerprint density at radius 3 is 2.90 bits per heavy atom. The molecule has 0 spiro atoms. The third kappa shape index (κ3) is 4.83. The molecule has 0 aromatic heterocycles. The van der Waals surface area contributed by atoms with Gasteiger partial charge in [-0.3, -0.25) is 0 Å². The lowest BCUT2D eigenvalue weighted by Crippen LogP contribution is -2.11. The fraction of sp³-hybridized carbons (Fsp3) is 0.333. The minimum Gasteiger partial charge on any atom is -0.459 e. The summed E-state index contributed by atoms with van der Waals surface area (Å²) >= 11 is 0. The van der Waals surface area contributed by atoms with Crippen molar-refractivity contribution in [2.45, 2.75) is 0 Å². The molecule has 0 fully saturated rings. The van der Waals surface area contributed by atoms with E-state index in [9.17, 15) is 9.59 Å². The smallest absolute Gasteiger partial charge is 0.418 e. The zero-order chi connectivity index (χ0) is 7.82. The van der Waals surface area contributed by atoms with Crippen LogP contribution in [0.25, 0.3) is 0 Å². The van der Waals surface area contributed by atoms with E-state index >= 15 is 0 Å². The van der Waals surface area contributed by atoms with Crippen LogP contribution in [0.4, 0.5) is 0 Å². The first kappa shape index (κ1) is 8.68. The van der Waals surface area contributed by atoms with Gasteiger partial charge in [-0.05, 0) is 0 Å². The van der Waals surface area contributed by atoms with Crippen LogP contribution in [-0.4, -0.2) is 25.7 Å². The lowest BCUT2D eigenvalue weighted by atomic mass is 10.6. The summed E-state index contributed by atoms with van der Waals surface area (Å²) in [4.78, 5) is 19.8. The van der Waals surface area contributed by atoms with Gasteiger partial charge in [0, 0.05) is 0 Å². The first-order valence-electron chi connectivity index (χ1n) is 2.56. The monoisotopic (exact) mass is 143 g/mol. The maximum atomic E-state index is 10.4. The molecule has 0 N–H and O–H groups in total. The molecule has 55 valence electrons. The Labute approximate surface area is 58.4 Å². The summed E-state index contributed by atoms with van der Waals surface area (Å²) in [5.74, 6) is -0.608. The minimum absolute atomic E-state index is 0.126. The maximum absolute atomic E-state index is 10.4. The highest BCUT2D eigenvalue weighted by atomic mass is 16.6. The third-order valence-electron chi connectivity index (χ3n) is 0.611. The molecular weight excluding hydrogens is 136 g/mol. The molecule has 0 saturated heterocycles. The summed E-state index contributed by atoms with van der Waals surface area (Å²) in [6, 6.07) is 0. The molecule has 0 aromatic carbocycles. The van der Waals surface area contributed by atoms with E-state index in [2.05, 4.69) is 16.1 Å². The van der Waals surface area contributed by atoms with Crippen LogP contribution in [0, 0.1) is 0 Å². The van der Waals surface area contributed by atoms with Gasteiger partial charge in [0.05, 0.1) is 0 Å². The van der Waals surface area contributed by atoms with Crippen molar-refractivity contribution in [2.24, 2.45) is 0 Å². The van der Waals surface area contributed by atoms with Gasteiger partial charge in [0.15, 0.2) is 6.61 Å². The number of esters is 1. The number of carbonyl (C=O) groups is 1. The van der Waals surface area contributed by atoms with Crippen LogP contribution in [-0.2, 0) is 19.1 Å². The van der Waals surface area contributed by atoms with Gasteiger partial charge >= 0.3 is 12.4 Å². The number of hydrogen-bond donors (Lipinski definition) is 0. The van der Waals surface area contributed by atoms with Crippen molar-refractivity contribution < 1.29 is 19.1 Å². The van der Waals surface area contributed by atoms with Crippen LogP contribution < -0.4 is 0 Å². The summed E-state index contributed by atoms with van der Waals surface area (Å²) in [5.41, 5.74) is 0. The van der Waals surface area contributed by atoms with Crippen molar-refractivity contribution in [2.75, 3.05) is 13.2 Å². The first-order chi connectivity index (χ1) is 4.81. The van der Waals surface area contributed by atoms with Crippen LogP contribution in [0.5, 0.6) is 0 Å². The molecule has 10 heavy (non-hydrogen) atoms. The minimum atomic E-state index is -0.608. The van der Waals surface area contributed by atoms with Gasteiger partial charge in [-0.1, -0.05) is 12.7 Å². The van der Waals surface area contributed by atoms with Gasteiger partial charge in [-0.2, -0.15) is 0 Å². The molecule has 0 saturated carbocycles. The highest BCUT2D eigenvalue weighted by Crippen LogP contribution is 1.78. The van der Waals surface area contributed by atoms with Gasteiger partial charge < -0.3 is 9.47 Å². The van der Waals surface area contributed by atoms with Crippen LogP contribution >= 0.6 is 0 Å². The molecular formula is C6H7O4. The van der Waals surface area contributed by atoms with E-state index in [0.29, 0.717) is 0 Å². The summed E-state index contributed by atoms with van der Waals surface area (Å²) < 4.78 is 8.41. The second kappa shape index (κ2) is 5.81. The van der Waals surface area contributed by atoms with Gasteiger partial charge in [-0.15, -0.1) is 0 Å². The average molecular weight is 143 g/mol. The van der Waals surface area contributed by atoms with Crippen molar-refractivity contribution >= 4 is 12.4 Å². The van der Waals surface area contributed by atoms with Gasteiger partial charge in [0.25, 0.3) is 0 Å². The van der Waals surface area contributed by atoms with Crippen molar-refractivity contribution in [3.05, 3.63) is 12.7 Å². The second-order valence-corrected chi connectivity index (χ2v) is 1.34. The molecule has 0 bridgehead atoms. The third-order valence-corrected chi connectivity index (χ3v) is 0.611. The van der Waals surface area contributed by atoms with Crippen molar-refractivity contribution in [3.8, 4) is 0 Å². The molecule has 4 heteroatoms. The zero-order valence-electron chi connectivity index (χ0n) is 5.33. The van der Waals surface area contributed by atoms with Crippen molar-refractivity contribution in [1.29, 1.82) is 0 Å². The van der Waals surface area contributed by atoms with Crippen LogP contribution in [0.15, 0.2) is 12.7 Å². The number of hydrogen-bond acceptors (Lipinski definition) is 4. The molecule has 4 nitrogen and oxygen atoms in total. The largest absolute Gasteiger partial charge is 0.459 e. The maximum Gasteiger partial charge on any atom is 0.418 e. The first-order valence-corrected chi connectivity index (χ1v) is 2.56. The molecule has 0 rings (SSSR count). The van der Waals surface area contributed by atoms with Gasteiger partial charge in [0.1, 0.15) is 6.61 Å². The quantitative estimate of drug-likeness (QED) is 0.395. The second-order valence-electron chi connectivity index (χ2n) is 1.34. The highest BCUT2D eigenvalue weighted by molar-refractivity contribution is 5.71. The van der Waals surface area contributed by atoms with Gasteiger partial charge in [-0.25, -0.2) is 9.59 Å². The number of carbonyl (C=O) groups excluding carboxylic acids is 2. The molecule has 0 aliphatic carbocycles.